The second-order valence-electron chi connectivity index (χ2n) is 9.75. The molecule has 6 heteroatoms. The van der Waals surface area contributed by atoms with E-state index in [-0.39, 0.29) is 23.6 Å². The normalized spacial score (nSPS) is 27.2. The van der Waals surface area contributed by atoms with Gasteiger partial charge in [0.25, 0.3) is 5.91 Å². The minimum absolute atomic E-state index is 0.176. The van der Waals surface area contributed by atoms with E-state index >= 15 is 0 Å². The smallest absolute Gasteiger partial charge is 0.327 e. The molecule has 1 N–H and O–H groups in total. The Labute approximate surface area is 169 Å². The molecule has 0 aliphatic heterocycles. The van der Waals surface area contributed by atoms with Crippen LogP contribution in [0.5, 0.6) is 0 Å². The number of hydrogen-bond donors (Lipinski definition) is 1. The Balaban J connectivity index is 1.48. The molecule has 1 amide bonds. The van der Waals surface area contributed by atoms with Crippen molar-refractivity contribution in [3.05, 3.63) is 41.8 Å². The van der Waals surface area contributed by atoms with Gasteiger partial charge in [-0.15, -0.1) is 0 Å². The molecule has 2 fully saturated rings. The summed E-state index contributed by atoms with van der Waals surface area (Å²) in [4.78, 5) is 16.5. The lowest BCUT2D eigenvalue weighted by Crippen LogP contribution is -2.51. The molecule has 29 heavy (non-hydrogen) atoms. The summed E-state index contributed by atoms with van der Waals surface area (Å²) < 4.78 is 43.3. The SMILES string of the molecule is CC(C)(C)NC(=O)C(F)(F)[C@H]1C[C@H]2C[C@@H](c3ccnc4ccc(F)cc34)C[C@H]2C1. The number of aromatic nitrogens is 1. The molecule has 2 aliphatic carbocycles. The van der Waals surface area contributed by atoms with E-state index in [0.29, 0.717) is 12.8 Å². The summed E-state index contributed by atoms with van der Waals surface area (Å²) in [6.45, 7) is 5.12. The maximum Gasteiger partial charge on any atom is 0.327 e. The third kappa shape index (κ3) is 3.86. The van der Waals surface area contributed by atoms with E-state index in [9.17, 15) is 18.0 Å². The van der Waals surface area contributed by atoms with E-state index in [2.05, 4.69) is 10.3 Å². The van der Waals surface area contributed by atoms with Crippen LogP contribution in [0.15, 0.2) is 30.5 Å². The van der Waals surface area contributed by atoms with Gasteiger partial charge >= 0.3 is 5.92 Å². The molecule has 1 aromatic carbocycles. The lowest BCUT2D eigenvalue weighted by molar-refractivity contribution is -0.155. The van der Waals surface area contributed by atoms with Crippen LogP contribution in [0.25, 0.3) is 10.9 Å². The van der Waals surface area contributed by atoms with Gasteiger partial charge in [-0.1, -0.05) is 0 Å². The zero-order valence-electron chi connectivity index (χ0n) is 17.0. The van der Waals surface area contributed by atoms with E-state index < -0.39 is 23.3 Å². The molecule has 2 aliphatic rings. The number of halogens is 3. The van der Waals surface area contributed by atoms with Crippen LogP contribution in [-0.2, 0) is 4.79 Å². The Hall–Kier alpha value is -2.11. The molecular formula is C23H27F3N2O. The number of nitrogens with zero attached hydrogens (tertiary/aromatic N) is 1. The lowest BCUT2D eigenvalue weighted by Gasteiger charge is -2.28. The molecule has 2 aromatic rings. The number of fused-ring (bicyclic) bond motifs is 2. The Morgan fingerprint density at radius 2 is 1.72 bits per heavy atom. The lowest BCUT2D eigenvalue weighted by atomic mass is 9.88. The van der Waals surface area contributed by atoms with Gasteiger partial charge in [-0.05, 0) is 94.0 Å². The van der Waals surface area contributed by atoms with Gasteiger partial charge < -0.3 is 5.32 Å². The number of carbonyl (C=O) groups excluding carboxylic acids is 1. The number of hydrogen-bond acceptors (Lipinski definition) is 2. The Bertz CT molecular complexity index is 923. The first-order valence-corrected chi connectivity index (χ1v) is 10.3. The second kappa shape index (κ2) is 6.99. The third-order valence-electron chi connectivity index (χ3n) is 6.50. The largest absolute Gasteiger partial charge is 0.346 e. The van der Waals surface area contributed by atoms with Gasteiger partial charge in [0, 0.05) is 23.0 Å². The molecule has 4 rings (SSSR count). The molecule has 156 valence electrons. The fourth-order valence-electron chi connectivity index (χ4n) is 5.27. The molecule has 2 saturated carbocycles. The Morgan fingerprint density at radius 3 is 2.34 bits per heavy atom. The van der Waals surface area contributed by atoms with E-state index in [1.165, 1.54) is 12.1 Å². The van der Waals surface area contributed by atoms with Gasteiger partial charge in [-0.2, -0.15) is 8.78 Å². The quantitative estimate of drug-likeness (QED) is 0.740. The van der Waals surface area contributed by atoms with Crippen molar-refractivity contribution in [3.63, 3.8) is 0 Å². The van der Waals surface area contributed by atoms with E-state index in [0.717, 1.165) is 29.3 Å². The fraction of sp³-hybridized carbons (Fsp3) is 0.565. The van der Waals surface area contributed by atoms with Gasteiger partial charge in [0.05, 0.1) is 5.52 Å². The summed E-state index contributed by atoms with van der Waals surface area (Å²) in [5, 5.41) is 3.24. The summed E-state index contributed by atoms with van der Waals surface area (Å²) in [7, 11) is 0. The highest BCUT2D eigenvalue weighted by Gasteiger charge is 2.55. The monoisotopic (exact) mass is 404 g/mol. The number of benzene rings is 1. The van der Waals surface area contributed by atoms with Crippen molar-refractivity contribution < 1.29 is 18.0 Å². The highest BCUT2D eigenvalue weighted by Crippen LogP contribution is 2.56. The Kier molecular flexibility index (Phi) is 4.87. The number of alkyl halides is 2. The predicted molar refractivity (Wildman–Crippen MR) is 106 cm³/mol. The van der Waals surface area contributed by atoms with Gasteiger partial charge in [0.15, 0.2) is 0 Å². The van der Waals surface area contributed by atoms with Gasteiger partial charge in [-0.3, -0.25) is 9.78 Å². The zero-order chi connectivity index (χ0) is 21.0. The summed E-state index contributed by atoms with van der Waals surface area (Å²) in [5.74, 6) is -5.15. The standard InChI is InChI=1S/C23H27F3N2O/c1-22(2,3)28-21(29)23(25,26)16-10-13-8-15(9-14(13)11-16)18-6-7-27-20-5-4-17(24)12-19(18)20/h4-7,12-16H,8-11H2,1-3H3,(H,28,29)/t13-,14+,15-,16+. The van der Waals surface area contributed by atoms with Crippen LogP contribution in [0.3, 0.4) is 0 Å². The van der Waals surface area contributed by atoms with E-state index in [4.69, 9.17) is 0 Å². The van der Waals surface area contributed by atoms with Crippen LogP contribution in [0, 0.1) is 23.6 Å². The first-order chi connectivity index (χ1) is 13.5. The molecule has 0 saturated heterocycles. The van der Waals surface area contributed by atoms with Gasteiger partial charge in [0.1, 0.15) is 5.82 Å². The number of carbonyl (C=O) groups is 1. The minimum atomic E-state index is -3.35. The zero-order valence-corrected chi connectivity index (χ0v) is 17.0. The number of pyridine rings is 1. The Morgan fingerprint density at radius 1 is 1.07 bits per heavy atom. The molecule has 1 aromatic heterocycles. The topological polar surface area (TPSA) is 42.0 Å². The highest BCUT2D eigenvalue weighted by molar-refractivity contribution is 5.84. The maximum atomic E-state index is 14.8. The van der Waals surface area contributed by atoms with Crippen molar-refractivity contribution in [1.82, 2.24) is 10.3 Å². The number of nitrogens with one attached hydrogen (secondary N) is 1. The van der Waals surface area contributed by atoms with Crippen molar-refractivity contribution in [2.24, 2.45) is 17.8 Å². The van der Waals surface area contributed by atoms with Crippen molar-refractivity contribution >= 4 is 16.8 Å². The summed E-state index contributed by atoms with van der Waals surface area (Å²) in [6, 6.07) is 6.52. The molecule has 3 nitrogen and oxygen atoms in total. The van der Waals surface area contributed by atoms with Crippen LogP contribution in [-0.4, -0.2) is 22.4 Å². The molecule has 0 spiro atoms. The minimum Gasteiger partial charge on any atom is -0.346 e. The third-order valence-corrected chi connectivity index (χ3v) is 6.50. The van der Waals surface area contributed by atoms with Crippen molar-refractivity contribution in [3.8, 4) is 0 Å². The van der Waals surface area contributed by atoms with Crippen LogP contribution >= 0.6 is 0 Å². The summed E-state index contributed by atoms with van der Waals surface area (Å²) in [5.41, 5.74) is 1.12. The number of rotatable bonds is 3. The molecule has 0 radical (unpaired) electrons. The van der Waals surface area contributed by atoms with Crippen molar-refractivity contribution in [2.45, 2.75) is 63.8 Å². The summed E-state index contributed by atoms with van der Waals surface area (Å²) in [6.07, 6.45) is 4.06. The van der Waals surface area contributed by atoms with Crippen LogP contribution in [0.2, 0.25) is 0 Å². The molecule has 1 heterocycles. The maximum absolute atomic E-state index is 14.8. The van der Waals surface area contributed by atoms with Crippen LogP contribution < -0.4 is 5.32 Å². The van der Waals surface area contributed by atoms with Crippen molar-refractivity contribution in [2.75, 3.05) is 0 Å². The van der Waals surface area contributed by atoms with E-state index in [1.807, 2.05) is 6.07 Å². The first-order valence-electron chi connectivity index (χ1n) is 10.3. The van der Waals surface area contributed by atoms with Crippen molar-refractivity contribution in [1.29, 1.82) is 0 Å². The summed E-state index contributed by atoms with van der Waals surface area (Å²) >= 11 is 0. The average molecular weight is 404 g/mol. The van der Waals surface area contributed by atoms with E-state index in [1.54, 1.807) is 33.0 Å². The highest BCUT2D eigenvalue weighted by atomic mass is 19.3. The van der Waals surface area contributed by atoms with Crippen LogP contribution in [0.4, 0.5) is 13.2 Å². The number of amides is 1. The first kappa shape index (κ1) is 20.2. The fourth-order valence-corrected chi connectivity index (χ4v) is 5.27. The average Bonchev–Trinajstić information content (AvgIpc) is 3.19. The van der Waals surface area contributed by atoms with Crippen LogP contribution in [0.1, 0.15) is 57.9 Å². The van der Waals surface area contributed by atoms with Gasteiger partial charge in [-0.25, -0.2) is 4.39 Å². The molecule has 4 atom stereocenters. The molecule has 0 bridgehead atoms. The van der Waals surface area contributed by atoms with Gasteiger partial charge in [0.2, 0.25) is 0 Å². The second-order valence-corrected chi connectivity index (χ2v) is 9.75. The molecular weight excluding hydrogens is 377 g/mol. The predicted octanol–water partition coefficient (Wildman–Crippen LogP) is 5.44. The molecule has 0 unspecified atom stereocenters.